The Labute approximate surface area is 176 Å². The largest absolute Gasteiger partial charge is 0.454 e. The van der Waals surface area contributed by atoms with E-state index < -0.39 is 0 Å². The summed E-state index contributed by atoms with van der Waals surface area (Å²) in [4.78, 5) is 20.1. The highest BCUT2D eigenvalue weighted by molar-refractivity contribution is 7.99. The van der Waals surface area contributed by atoms with E-state index in [1.165, 1.54) is 17.3 Å². The van der Waals surface area contributed by atoms with Crippen molar-refractivity contribution < 1.29 is 14.3 Å². The lowest BCUT2D eigenvalue weighted by Gasteiger charge is -2.05. The fourth-order valence-corrected chi connectivity index (χ4v) is 3.88. The molecule has 3 heterocycles. The standard InChI is InChI=1S/C21H19N5O3S/c1-11(2)12-3-5-15-14(7-12)19-20(23-15)24-21(26-25-19)30-9-18(27)22-13-4-6-16-17(8-13)29-10-28-16/h3-8,11H,9-10H2,1-2H3,(H,22,27)(H,23,24,26). The molecular formula is C21H19N5O3S. The first-order chi connectivity index (χ1) is 14.6. The van der Waals surface area contributed by atoms with Crippen LogP contribution in [-0.2, 0) is 4.79 Å². The third kappa shape index (κ3) is 3.52. The molecule has 0 spiro atoms. The second-order valence-electron chi connectivity index (χ2n) is 7.28. The van der Waals surface area contributed by atoms with Gasteiger partial charge in [0.05, 0.1) is 5.75 Å². The number of nitrogens with zero attached hydrogens (tertiary/aromatic N) is 3. The zero-order valence-corrected chi connectivity index (χ0v) is 17.2. The van der Waals surface area contributed by atoms with Crippen LogP contribution in [0.4, 0.5) is 5.69 Å². The van der Waals surface area contributed by atoms with Gasteiger partial charge in [0.15, 0.2) is 17.1 Å². The number of nitrogens with one attached hydrogen (secondary N) is 2. The highest BCUT2D eigenvalue weighted by Gasteiger charge is 2.15. The molecule has 9 heteroatoms. The van der Waals surface area contributed by atoms with Crippen LogP contribution >= 0.6 is 11.8 Å². The molecule has 4 aromatic rings. The van der Waals surface area contributed by atoms with Gasteiger partial charge < -0.3 is 19.8 Å². The Balaban J connectivity index is 1.29. The predicted molar refractivity (Wildman–Crippen MR) is 115 cm³/mol. The van der Waals surface area contributed by atoms with Crippen molar-refractivity contribution in [3.8, 4) is 11.5 Å². The SMILES string of the molecule is CC(C)c1ccc2[nH]c3nc(SCC(=O)Nc4ccc5c(c4)OCO5)nnc3c2c1. The Morgan fingerprint density at radius 3 is 2.90 bits per heavy atom. The van der Waals surface area contributed by atoms with Gasteiger partial charge in [-0.2, -0.15) is 0 Å². The van der Waals surface area contributed by atoms with Crippen molar-refractivity contribution >= 4 is 45.4 Å². The van der Waals surface area contributed by atoms with E-state index in [9.17, 15) is 4.79 Å². The Morgan fingerprint density at radius 2 is 2.03 bits per heavy atom. The van der Waals surface area contributed by atoms with Gasteiger partial charge >= 0.3 is 0 Å². The van der Waals surface area contributed by atoms with Crippen LogP contribution in [0.2, 0.25) is 0 Å². The van der Waals surface area contributed by atoms with Crippen LogP contribution in [0.25, 0.3) is 22.1 Å². The van der Waals surface area contributed by atoms with E-state index in [-0.39, 0.29) is 18.5 Å². The molecule has 0 atom stereocenters. The maximum atomic E-state index is 12.3. The van der Waals surface area contributed by atoms with Gasteiger partial charge in [0.25, 0.3) is 0 Å². The van der Waals surface area contributed by atoms with Crippen LogP contribution < -0.4 is 14.8 Å². The summed E-state index contributed by atoms with van der Waals surface area (Å²) < 4.78 is 10.6. The highest BCUT2D eigenvalue weighted by Crippen LogP contribution is 2.34. The van der Waals surface area contributed by atoms with Gasteiger partial charge in [-0.15, -0.1) is 10.2 Å². The van der Waals surface area contributed by atoms with Crippen LogP contribution in [0.1, 0.15) is 25.3 Å². The van der Waals surface area contributed by atoms with Crippen molar-refractivity contribution in [1.82, 2.24) is 20.2 Å². The number of rotatable bonds is 5. The molecule has 2 N–H and O–H groups in total. The molecule has 0 unspecified atom stereocenters. The predicted octanol–water partition coefficient (Wildman–Crippen LogP) is 4.09. The topological polar surface area (TPSA) is 102 Å². The summed E-state index contributed by atoms with van der Waals surface area (Å²) in [6, 6.07) is 11.6. The van der Waals surface area contributed by atoms with E-state index in [4.69, 9.17) is 9.47 Å². The minimum atomic E-state index is -0.166. The molecule has 152 valence electrons. The van der Waals surface area contributed by atoms with Crippen molar-refractivity contribution in [1.29, 1.82) is 0 Å². The molecule has 1 aliphatic rings. The van der Waals surface area contributed by atoms with Crippen molar-refractivity contribution in [3.05, 3.63) is 42.0 Å². The maximum Gasteiger partial charge on any atom is 0.234 e. The second kappa shape index (κ2) is 7.49. The van der Waals surface area contributed by atoms with Gasteiger partial charge in [0.1, 0.15) is 5.52 Å². The number of amides is 1. The van der Waals surface area contributed by atoms with E-state index in [0.717, 1.165) is 16.4 Å². The lowest BCUT2D eigenvalue weighted by atomic mass is 10.0. The third-order valence-electron chi connectivity index (χ3n) is 4.87. The minimum absolute atomic E-state index is 0.166. The molecule has 0 fully saturated rings. The van der Waals surface area contributed by atoms with Crippen LogP contribution in [0.5, 0.6) is 11.5 Å². The number of hydrogen-bond acceptors (Lipinski definition) is 7. The molecule has 2 aromatic carbocycles. The highest BCUT2D eigenvalue weighted by atomic mass is 32.2. The molecular weight excluding hydrogens is 402 g/mol. The fraction of sp³-hybridized carbons (Fsp3) is 0.238. The van der Waals surface area contributed by atoms with Crippen molar-refractivity contribution in [2.45, 2.75) is 24.9 Å². The number of hydrogen-bond donors (Lipinski definition) is 2. The second-order valence-corrected chi connectivity index (χ2v) is 8.22. The number of fused-ring (bicyclic) bond motifs is 4. The van der Waals surface area contributed by atoms with E-state index >= 15 is 0 Å². The number of anilines is 1. The smallest absolute Gasteiger partial charge is 0.234 e. The number of aromatic nitrogens is 4. The Kier molecular flexibility index (Phi) is 4.66. The number of carbonyl (C=O) groups is 1. The van der Waals surface area contributed by atoms with E-state index in [0.29, 0.717) is 33.9 Å². The molecule has 0 bridgehead atoms. The van der Waals surface area contributed by atoms with Crippen LogP contribution in [0.15, 0.2) is 41.6 Å². The van der Waals surface area contributed by atoms with Crippen molar-refractivity contribution in [2.24, 2.45) is 0 Å². The summed E-state index contributed by atoms with van der Waals surface area (Å²) in [6.07, 6.45) is 0. The van der Waals surface area contributed by atoms with Gasteiger partial charge in [0, 0.05) is 22.7 Å². The van der Waals surface area contributed by atoms with Gasteiger partial charge in [-0.3, -0.25) is 4.79 Å². The average molecular weight is 421 g/mol. The average Bonchev–Trinajstić information content (AvgIpc) is 3.35. The van der Waals surface area contributed by atoms with Crippen LogP contribution in [0.3, 0.4) is 0 Å². The van der Waals surface area contributed by atoms with Gasteiger partial charge in [0.2, 0.25) is 17.9 Å². The molecule has 1 aliphatic heterocycles. The summed E-state index contributed by atoms with van der Waals surface area (Å²) >= 11 is 1.23. The molecule has 30 heavy (non-hydrogen) atoms. The minimum Gasteiger partial charge on any atom is -0.454 e. The normalized spacial score (nSPS) is 12.8. The summed E-state index contributed by atoms with van der Waals surface area (Å²) in [5.41, 5.74) is 4.26. The quantitative estimate of drug-likeness (QED) is 0.468. The molecule has 0 radical (unpaired) electrons. The van der Waals surface area contributed by atoms with E-state index in [1.807, 2.05) is 6.07 Å². The molecule has 2 aromatic heterocycles. The van der Waals surface area contributed by atoms with E-state index in [2.05, 4.69) is 51.5 Å². The molecule has 5 rings (SSSR count). The lowest BCUT2D eigenvalue weighted by molar-refractivity contribution is -0.113. The van der Waals surface area contributed by atoms with Crippen molar-refractivity contribution in [3.63, 3.8) is 0 Å². The summed E-state index contributed by atoms with van der Waals surface area (Å²) in [5.74, 6) is 1.73. The number of benzene rings is 2. The zero-order valence-electron chi connectivity index (χ0n) is 16.4. The molecule has 0 saturated heterocycles. The summed E-state index contributed by atoms with van der Waals surface area (Å²) in [6.45, 7) is 4.51. The number of ether oxygens (including phenoxy) is 2. The Hall–Kier alpha value is -3.33. The monoisotopic (exact) mass is 421 g/mol. The molecule has 0 aliphatic carbocycles. The number of H-pyrrole nitrogens is 1. The maximum absolute atomic E-state index is 12.3. The first-order valence-electron chi connectivity index (χ1n) is 9.55. The van der Waals surface area contributed by atoms with Gasteiger partial charge in [-0.05, 0) is 35.7 Å². The molecule has 0 saturated carbocycles. The molecule has 1 amide bonds. The number of thioether (sulfide) groups is 1. The zero-order chi connectivity index (χ0) is 20.7. The van der Waals surface area contributed by atoms with Gasteiger partial charge in [-0.1, -0.05) is 31.7 Å². The van der Waals surface area contributed by atoms with Gasteiger partial charge in [-0.25, -0.2) is 4.98 Å². The summed E-state index contributed by atoms with van der Waals surface area (Å²) in [7, 11) is 0. The Bertz CT molecular complexity index is 1270. The number of carbonyl (C=O) groups excluding carboxylic acids is 1. The summed E-state index contributed by atoms with van der Waals surface area (Å²) in [5, 5.41) is 12.8. The first kappa shape index (κ1) is 18.7. The van der Waals surface area contributed by atoms with Crippen LogP contribution in [-0.4, -0.2) is 38.6 Å². The first-order valence-corrected chi connectivity index (χ1v) is 10.5. The lowest BCUT2D eigenvalue weighted by Crippen LogP contribution is -2.14. The third-order valence-corrected chi connectivity index (χ3v) is 5.71. The Morgan fingerprint density at radius 1 is 1.17 bits per heavy atom. The number of aromatic amines is 1. The fourth-order valence-electron chi connectivity index (χ4n) is 3.30. The van der Waals surface area contributed by atoms with Crippen molar-refractivity contribution in [2.75, 3.05) is 17.9 Å². The van der Waals surface area contributed by atoms with Crippen LogP contribution in [0, 0.1) is 0 Å². The molecule has 8 nitrogen and oxygen atoms in total. The van der Waals surface area contributed by atoms with E-state index in [1.54, 1.807) is 18.2 Å².